The topological polar surface area (TPSA) is 83.3 Å². The Morgan fingerprint density at radius 3 is 2.16 bits per heavy atom. The molecule has 0 N–H and O–H groups in total. The van der Waals surface area contributed by atoms with Crippen molar-refractivity contribution < 1.29 is 41.3 Å². The number of halogens is 4. The predicted octanol–water partition coefficient (Wildman–Crippen LogP) is 5.55. The van der Waals surface area contributed by atoms with Gasteiger partial charge < -0.3 is 28.3 Å². The first kappa shape index (κ1) is 27.0. The number of aromatic nitrogens is 1. The van der Waals surface area contributed by atoms with Crippen molar-refractivity contribution >= 4 is 27.4 Å². The lowest BCUT2D eigenvalue weighted by Crippen LogP contribution is -2.36. The number of Topliss-reactive ketones (excluding diaryl/α,β-unsaturated/α-hetero) is 1. The second-order valence-electron chi connectivity index (χ2n) is 8.06. The highest BCUT2D eigenvalue weighted by Gasteiger charge is 2.41. The molecular weight excluding hydrogens is 561 g/mol. The van der Waals surface area contributed by atoms with Crippen LogP contribution < -0.4 is 14.4 Å². The third-order valence-electron chi connectivity index (χ3n) is 5.86. The van der Waals surface area contributed by atoms with Gasteiger partial charge in [-0.3, -0.25) is 4.79 Å². The van der Waals surface area contributed by atoms with Crippen LogP contribution in [0.25, 0.3) is 11.3 Å². The van der Waals surface area contributed by atoms with Crippen molar-refractivity contribution in [1.29, 1.82) is 0 Å². The number of hydrogen-bond acceptors (Lipinski definition) is 8. The minimum atomic E-state index is -4.90. The summed E-state index contributed by atoms with van der Waals surface area (Å²) >= 11 is 3.28. The molecule has 1 atom stereocenters. The number of nitrogens with zero attached hydrogens (tertiary/aromatic N) is 2. The van der Waals surface area contributed by atoms with E-state index in [1.54, 1.807) is 12.1 Å². The van der Waals surface area contributed by atoms with Crippen molar-refractivity contribution in [2.75, 3.05) is 52.5 Å². The van der Waals surface area contributed by atoms with E-state index in [2.05, 4.69) is 25.8 Å². The van der Waals surface area contributed by atoms with Crippen LogP contribution in [0.2, 0.25) is 0 Å². The summed E-state index contributed by atoms with van der Waals surface area (Å²) in [5, 5.41) is 0. The van der Waals surface area contributed by atoms with Crippen LogP contribution in [0.15, 0.2) is 45.3 Å². The molecule has 0 amide bonds. The summed E-state index contributed by atoms with van der Waals surface area (Å²) in [6.07, 6.45) is -6.12. The van der Waals surface area contributed by atoms with Gasteiger partial charge in [-0.05, 0) is 45.8 Å². The lowest BCUT2D eigenvalue weighted by atomic mass is 10.0. The average Bonchev–Trinajstić information content (AvgIpc) is 3.37. The number of rotatable bonds is 8. The van der Waals surface area contributed by atoms with Crippen molar-refractivity contribution in [2.45, 2.75) is 12.3 Å². The van der Waals surface area contributed by atoms with Crippen molar-refractivity contribution in [1.82, 2.24) is 4.98 Å². The summed E-state index contributed by atoms with van der Waals surface area (Å²) in [5.74, 6) is -1.80. The van der Waals surface area contributed by atoms with Crippen molar-refractivity contribution in [3.63, 3.8) is 0 Å². The van der Waals surface area contributed by atoms with E-state index in [9.17, 15) is 18.0 Å². The fraction of sp³-hybridized carbons (Fsp3) is 0.360. The van der Waals surface area contributed by atoms with Crippen LogP contribution in [0.5, 0.6) is 11.5 Å². The number of oxazole rings is 1. The molecule has 0 bridgehead atoms. The zero-order valence-electron chi connectivity index (χ0n) is 20.2. The Balaban J connectivity index is 1.70. The normalized spacial score (nSPS) is 14.9. The molecule has 37 heavy (non-hydrogen) atoms. The average molecular weight is 585 g/mol. The van der Waals surface area contributed by atoms with Crippen LogP contribution in [0.3, 0.4) is 0 Å². The highest BCUT2D eigenvalue weighted by atomic mass is 79.9. The molecule has 1 saturated heterocycles. The fourth-order valence-electron chi connectivity index (χ4n) is 4.00. The molecule has 2 heterocycles. The smallest absolute Gasteiger partial charge is 0.437 e. The summed E-state index contributed by atoms with van der Waals surface area (Å²) in [6, 6.07) is 9.68. The molecule has 1 aliphatic rings. The van der Waals surface area contributed by atoms with Gasteiger partial charge in [0.25, 0.3) is 11.7 Å². The maximum Gasteiger partial charge on any atom is 0.437 e. The number of hydrogen-bond donors (Lipinski definition) is 0. The predicted molar refractivity (Wildman–Crippen MR) is 131 cm³/mol. The van der Waals surface area contributed by atoms with Crippen LogP contribution in [0.1, 0.15) is 28.0 Å². The van der Waals surface area contributed by atoms with Gasteiger partial charge in [-0.1, -0.05) is 12.1 Å². The molecule has 2 aromatic carbocycles. The second-order valence-corrected chi connectivity index (χ2v) is 8.85. The van der Waals surface area contributed by atoms with Gasteiger partial charge in [0, 0.05) is 31.5 Å². The van der Waals surface area contributed by atoms with Crippen LogP contribution in [-0.4, -0.2) is 58.4 Å². The van der Waals surface area contributed by atoms with Crippen LogP contribution in [-0.2, 0) is 15.7 Å². The van der Waals surface area contributed by atoms with Crippen LogP contribution in [0.4, 0.5) is 18.9 Å². The van der Waals surface area contributed by atoms with E-state index in [-0.39, 0.29) is 17.1 Å². The number of carbonyl (C=O) groups excluding carboxylic acids is 1. The molecule has 4 rings (SSSR count). The summed E-state index contributed by atoms with van der Waals surface area (Å²) in [4.78, 5) is 18.9. The van der Waals surface area contributed by atoms with Gasteiger partial charge in [0.1, 0.15) is 16.0 Å². The molecule has 0 spiro atoms. The van der Waals surface area contributed by atoms with E-state index in [0.29, 0.717) is 23.2 Å². The molecular formula is C25H24BrF3N2O6. The first-order valence-electron chi connectivity index (χ1n) is 11.2. The number of morpholine rings is 1. The van der Waals surface area contributed by atoms with Gasteiger partial charge in [0.05, 0.1) is 27.4 Å². The van der Waals surface area contributed by atoms with E-state index in [1.165, 1.54) is 33.5 Å². The van der Waals surface area contributed by atoms with Crippen molar-refractivity contribution in [3.05, 3.63) is 58.0 Å². The Hall–Kier alpha value is -3.09. The minimum absolute atomic E-state index is 0.0281. The van der Waals surface area contributed by atoms with Gasteiger partial charge in [-0.2, -0.15) is 13.2 Å². The van der Waals surface area contributed by atoms with Gasteiger partial charge in [-0.15, -0.1) is 0 Å². The first-order chi connectivity index (χ1) is 17.7. The summed E-state index contributed by atoms with van der Waals surface area (Å²) in [7, 11) is 4.01. The minimum Gasteiger partial charge on any atom is -0.495 e. The largest absolute Gasteiger partial charge is 0.495 e. The number of anilines is 1. The molecule has 3 aromatic rings. The fourth-order valence-corrected chi connectivity index (χ4v) is 4.55. The Bertz CT molecular complexity index is 1230. The molecule has 1 fully saturated rings. The van der Waals surface area contributed by atoms with E-state index in [4.69, 9.17) is 23.4 Å². The van der Waals surface area contributed by atoms with Crippen LogP contribution >= 0.6 is 15.9 Å². The summed E-state index contributed by atoms with van der Waals surface area (Å²) in [6.45, 7) is 2.70. The number of alkyl halides is 3. The number of ketones is 1. The summed E-state index contributed by atoms with van der Waals surface area (Å²) < 4.78 is 68.8. The highest BCUT2D eigenvalue weighted by Crippen LogP contribution is 2.43. The maximum atomic E-state index is 13.9. The van der Waals surface area contributed by atoms with Gasteiger partial charge >= 0.3 is 6.18 Å². The molecule has 0 radical (unpaired) electrons. The zero-order chi connectivity index (χ0) is 26.7. The lowest BCUT2D eigenvalue weighted by Gasteiger charge is -2.29. The van der Waals surface area contributed by atoms with E-state index >= 15 is 0 Å². The maximum absolute atomic E-state index is 13.9. The monoisotopic (exact) mass is 584 g/mol. The Labute approximate surface area is 219 Å². The SMILES string of the molecule is COc1cc(-c2oc(C(=O)C(OC)c3ccc(N4CCOCC4)cc3)nc2C(F)(F)F)cc(OC)c1Br. The lowest BCUT2D eigenvalue weighted by molar-refractivity contribution is -0.140. The quantitative estimate of drug-likeness (QED) is 0.319. The molecule has 0 aliphatic carbocycles. The van der Waals surface area contributed by atoms with Gasteiger partial charge in [0.15, 0.2) is 17.6 Å². The molecule has 1 aromatic heterocycles. The summed E-state index contributed by atoms with van der Waals surface area (Å²) in [5.41, 5.74) is 0.00875. The van der Waals surface area contributed by atoms with E-state index < -0.39 is 35.4 Å². The molecule has 1 aliphatic heterocycles. The Morgan fingerprint density at radius 1 is 1.05 bits per heavy atom. The van der Waals surface area contributed by atoms with Crippen molar-refractivity contribution in [3.8, 4) is 22.8 Å². The zero-order valence-corrected chi connectivity index (χ0v) is 21.8. The number of ether oxygens (including phenoxy) is 4. The molecule has 12 heteroatoms. The number of carbonyl (C=O) groups is 1. The van der Waals surface area contributed by atoms with Crippen LogP contribution in [0, 0.1) is 0 Å². The standard InChI is InChI=1S/C25H24BrF3N2O6/c1-33-17-12-15(13-18(34-2)19(17)26)22-23(25(27,28)29)30-24(37-22)20(32)21(35-3)14-4-6-16(7-5-14)31-8-10-36-11-9-31/h4-7,12-13,21H,8-11H2,1-3H3. The Kier molecular flexibility index (Phi) is 8.10. The molecule has 8 nitrogen and oxygen atoms in total. The van der Waals surface area contributed by atoms with Gasteiger partial charge in [-0.25, -0.2) is 4.98 Å². The van der Waals surface area contributed by atoms with E-state index in [1.807, 2.05) is 12.1 Å². The first-order valence-corrected chi connectivity index (χ1v) is 12.0. The number of benzene rings is 2. The third kappa shape index (κ3) is 5.60. The molecule has 1 unspecified atom stereocenters. The molecule has 198 valence electrons. The second kappa shape index (κ2) is 11.1. The van der Waals surface area contributed by atoms with E-state index in [0.717, 1.165) is 18.8 Å². The molecule has 0 saturated carbocycles. The third-order valence-corrected chi connectivity index (χ3v) is 6.64. The number of methoxy groups -OCH3 is 3. The highest BCUT2D eigenvalue weighted by molar-refractivity contribution is 9.10. The van der Waals surface area contributed by atoms with Crippen molar-refractivity contribution in [2.24, 2.45) is 0 Å². The Morgan fingerprint density at radius 2 is 1.65 bits per heavy atom. The van der Waals surface area contributed by atoms with Gasteiger partial charge in [0.2, 0.25) is 0 Å².